The fourth-order valence-electron chi connectivity index (χ4n) is 3.72. The Morgan fingerprint density at radius 1 is 1.21 bits per heavy atom. The summed E-state index contributed by atoms with van der Waals surface area (Å²) >= 11 is 0. The summed E-state index contributed by atoms with van der Waals surface area (Å²) in [6, 6.07) is 1.23. The van der Waals surface area contributed by atoms with E-state index < -0.39 is 17.5 Å². The summed E-state index contributed by atoms with van der Waals surface area (Å²) in [7, 11) is 0. The van der Waals surface area contributed by atoms with Gasteiger partial charge in [-0.15, -0.1) is 0 Å². The van der Waals surface area contributed by atoms with E-state index in [1.165, 1.54) is 0 Å². The summed E-state index contributed by atoms with van der Waals surface area (Å²) in [6.07, 6.45) is 2.46. The number of amides is 1. The molecule has 2 aliphatic rings. The number of carbonyl (C=O) groups is 1. The van der Waals surface area contributed by atoms with Crippen molar-refractivity contribution in [1.82, 2.24) is 25.4 Å². The van der Waals surface area contributed by atoms with Gasteiger partial charge in [0.15, 0.2) is 17.5 Å². The highest BCUT2D eigenvalue weighted by Crippen LogP contribution is 2.32. The molecule has 28 heavy (non-hydrogen) atoms. The summed E-state index contributed by atoms with van der Waals surface area (Å²) in [5, 5.41) is 10.2. The second-order valence-electron chi connectivity index (χ2n) is 7.66. The van der Waals surface area contributed by atoms with E-state index in [0.717, 1.165) is 18.9 Å². The van der Waals surface area contributed by atoms with Crippen molar-refractivity contribution in [3.63, 3.8) is 0 Å². The van der Waals surface area contributed by atoms with Crippen molar-refractivity contribution in [2.45, 2.75) is 44.7 Å². The molecule has 0 radical (unpaired) electrons. The van der Waals surface area contributed by atoms with Crippen LogP contribution < -0.4 is 5.32 Å². The Morgan fingerprint density at radius 2 is 1.96 bits per heavy atom. The molecule has 1 aromatic heterocycles. The van der Waals surface area contributed by atoms with Gasteiger partial charge in [-0.2, -0.15) is 5.10 Å². The number of benzene rings is 1. The first-order valence-electron chi connectivity index (χ1n) is 9.45. The third-order valence-corrected chi connectivity index (χ3v) is 5.40. The van der Waals surface area contributed by atoms with Crippen LogP contribution in [0, 0.1) is 30.3 Å². The minimum absolute atomic E-state index is 0.0168. The van der Waals surface area contributed by atoms with Gasteiger partial charge in [0.2, 0.25) is 5.91 Å². The molecule has 2 N–H and O–H groups in total. The third-order valence-electron chi connectivity index (χ3n) is 5.40. The van der Waals surface area contributed by atoms with Crippen LogP contribution in [0.15, 0.2) is 12.1 Å². The lowest BCUT2D eigenvalue weighted by Gasteiger charge is -2.38. The molecule has 4 rings (SSSR count). The van der Waals surface area contributed by atoms with Gasteiger partial charge in [-0.25, -0.2) is 18.2 Å². The Morgan fingerprint density at radius 3 is 2.64 bits per heavy atom. The summed E-state index contributed by atoms with van der Waals surface area (Å²) in [5.74, 6) is -1.67. The van der Waals surface area contributed by atoms with Crippen LogP contribution in [0.3, 0.4) is 0 Å². The van der Waals surface area contributed by atoms with Gasteiger partial charge in [-0.05, 0) is 38.8 Å². The van der Waals surface area contributed by atoms with Gasteiger partial charge in [0.1, 0.15) is 11.6 Å². The Balaban J connectivity index is 1.50. The van der Waals surface area contributed by atoms with E-state index in [4.69, 9.17) is 0 Å². The number of piperidine rings is 1. The molecule has 1 aromatic carbocycles. The van der Waals surface area contributed by atoms with E-state index in [9.17, 15) is 18.0 Å². The molecule has 2 atom stereocenters. The number of nitrogens with zero attached hydrogens (tertiary/aromatic N) is 3. The smallest absolute Gasteiger partial charge is 0.223 e. The van der Waals surface area contributed by atoms with Crippen LogP contribution in [-0.2, 0) is 11.3 Å². The molecule has 6 nitrogen and oxygen atoms in total. The monoisotopic (exact) mass is 393 g/mol. The molecule has 2 fully saturated rings. The van der Waals surface area contributed by atoms with Crippen molar-refractivity contribution >= 4 is 5.91 Å². The molecule has 1 aliphatic heterocycles. The Labute approximate surface area is 160 Å². The van der Waals surface area contributed by atoms with E-state index in [1.54, 1.807) is 0 Å². The highest BCUT2D eigenvalue weighted by Gasteiger charge is 2.37. The molecule has 1 aliphatic carbocycles. The van der Waals surface area contributed by atoms with E-state index in [1.807, 2.05) is 11.8 Å². The lowest BCUT2D eigenvalue weighted by atomic mass is 9.90. The maximum absolute atomic E-state index is 14.0. The van der Waals surface area contributed by atoms with Gasteiger partial charge in [0.25, 0.3) is 0 Å². The fraction of sp³-hybridized carbons (Fsp3) is 0.526. The zero-order valence-electron chi connectivity index (χ0n) is 15.5. The molecule has 2 heterocycles. The summed E-state index contributed by atoms with van der Waals surface area (Å²) in [6.45, 7) is 3.01. The first-order valence-corrected chi connectivity index (χ1v) is 9.45. The molecule has 2 aromatic rings. The van der Waals surface area contributed by atoms with Crippen LogP contribution in [0.25, 0.3) is 0 Å². The molecular formula is C19H22F3N5O. The zero-order chi connectivity index (χ0) is 19.8. The largest absolute Gasteiger partial charge is 0.351 e. The van der Waals surface area contributed by atoms with Crippen molar-refractivity contribution in [3.8, 4) is 0 Å². The standard InChI is InChI=1S/C19H22F3N5O/c1-10-23-18(26-25-10)13-4-5-27(9-17(13)24-19(28)11-2-3-11)8-12-6-15(21)16(22)7-14(12)20/h6-7,11,13,17H,2-5,8-9H2,1H3,(H,24,28)(H,23,25,26)/t13-,17+/m0/s1. The molecule has 0 bridgehead atoms. The minimum Gasteiger partial charge on any atom is -0.351 e. The maximum atomic E-state index is 14.0. The Bertz CT molecular complexity index is 882. The highest BCUT2D eigenvalue weighted by atomic mass is 19.2. The summed E-state index contributed by atoms with van der Waals surface area (Å²) in [5.41, 5.74) is 0.0957. The number of nitrogens with one attached hydrogen (secondary N) is 2. The maximum Gasteiger partial charge on any atom is 0.223 e. The van der Waals surface area contributed by atoms with Crippen LogP contribution >= 0.6 is 0 Å². The summed E-state index contributed by atoms with van der Waals surface area (Å²) in [4.78, 5) is 18.7. The average molecular weight is 393 g/mol. The topological polar surface area (TPSA) is 73.9 Å². The number of hydrogen-bond acceptors (Lipinski definition) is 4. The number of H-pyrrole nitrogens is 1. The molecule has 0 unspecified atom stereocenters. The van der Waals surface area contributed by atoms with Crippen LogP contribution in [0.1, 0.15) is 42.4 Å². The zero-order valence-corrected chi connectivity index (χ0v) is 15.5. The Kier molecular flexibility index (Phi) is 5.09. The fourth-order valence-corrected chi connectivity index (χ4v) is 3.72. The lowest BCUT2D eigenvalue weighted by molar-refractivity contribution is -0.123. The lowest BCUT2D eigenvalue weighted by Crippen LogP contribution is -2.52. The van der Waals surface area contributed by atoms with Crippen LogP contribution in [0.2, 0.25) is 0 Å². The number of likely N-dealkylation sites (tertiary alicyclic amines) is 1. The average Bonchev–Trinajstić information content (AvgIpc) is 3.42. The van der Waals surface area contributed by atoms with Gasteiger partial charge in [0.05, 0.1) is 6.04 Å². The number of rotatable bonds is 5. The predicted octanol–water partition coefficient (Wildman–Crippen LogP) is 2.41. The molecule has 150 valence electrons. The van der Waals surface area contributed by atoms with Crippen molar-refractivity contribution in [2.75, 3.05) is 13.1 Å². The first-order chi connectivity index (χ1) is 13.4. The molecule has 1 amide bonds. The second-order valence-corrected chi connectivity index (χ2v) is 7.66. The quantitative estimate of drug-likeness (QED) is 0.766. The van der Waals surface area contributed by atoms with Crippen molar-refractivity contribution < 1.29 is 18.0 Å². The van der Waals surface area contributed by atoms with Gasteiger partial charge < -0.3 is 5.32 Å². The normalized spacial score (nSPS) is 23.0. The molecule has 1 saturated carbocycles. The van der Waals surface area contributed by atoms with Crippen LogP contribution in [-0.4, -0.2) is 45.1 Å². The van der Waals surface area contributed by atoms with Crippen molar-refractivity contribution in [3.05, 3.63) is 46.8 Å². The molecular weight excluding hydrogens is 371 g/mol. The van der Waals surface area contributed by atoms with Crippen LogP contribution in [0.5, 0.6) is 0 Å². The molecule has 0 spiro atoms. The molecule has 9 heteroatoms. The number of carbonyl (C=O) groups excluding carboxylic acids is 1. The van der Waals surface area contributed by atoms with Crippen molar-refractivity contribution in [1.29, 1.82) is 0 Å². The second kappa shape index (κ2) is 7.54. The van der Waals surface area contributed by atoms with Gasteiger partial charge in [0, 0.05) is 36.6 Å². The van der Waals surface area contributed by atoms with E-state index in [0.29, 0.717) is 37.2 Å². The highest BCUT2D eigenvalue weighted by molar-refractivity contribution is 5.81. The van der Waals surface area contributed by atoms with Crippen LogP contribution in [0.4, 0.5) is 13.2 Å². The number of aryl methyl sites for hydroxylation is 1. The number of aromatic nitrogens is 3. The van der Waals surface area contributed by atoms with E-state index >= 15 is 0 Å². The first kappa shape index (κ1) is 18.9. The minimum atomic E-state index is -1.20. The molecule has 1 saturated heterocycles. The Hall–Kier alpha value is -2.42. The predicted molar refractivity (Wildman–Crippen MR) is 94.7 cm³/mol. The van der Waals surface area contributed by atoms with E-state index in [-0.39, 0.29) is 35.9 Å². The number of halogens is 3. The van der Waals surface area contributed by atoms with Gasteiger partial charge in [-0.3, -0.25) is 14.8 Å². The number of hydrogen-bond donors (Lipinski definition) is 2. The van der Waals surface area contributed by atoms with Gasteiger partial charge in [-0.1, -0.05) is 0 Å². The third kappa shape index (κ3) is 4.04. The van der Waals surface area contributed by atoms with Gasteiger partial charge >= 0.3 is 0 Å². The van der Waals surface area contributed by atoms with Crippen molar-refractivity contribution in [2.24, 2.45) is 5.92 Å². The SMILES string of the molecule is Cc1nc([C@H]2CCN(Cc3cc(F)c(F)cc3F)C[C@H]2NC(=O)C2CC2)n[nH]1. The number of aromatic amines is 1. The van der Waals surface area contributed by atoms with E-state index in [2.05, 4.69) is 20.5 Å². The summed E-state index contributed by atoms with van der Waals surface area (Å²) < 4.78 is 40.7.